The number of benzene rings is 2. The first-order valence-corrected chi connectivity index (χ1v) is 11.7. The first-order valence-electron chi connectivity index (χ1n) is 11.7. The van der Waals surface area contributed by atoms with Crippen molar-refractivity contribution in [1.82, 2.24) is 19.8 Å². The van der Waals surface area contributed by atoms with Gasteiger partial charge in [0.05, 0.1) is 29.8 Å². The van der Waals surface area contributed by atoms with Crippen LogP contribution in [0.15, 0.2) is 36.4 Å². The molecule has 1 aliphatic rings. The van der Waals surface area contributed by atoms with E-state index >= 15 is 0 Å². The maximum atomic E-state index is 13.4. The number of ether oxygens (including phenoxy) is 1. The number of methoxy groups -OCH3 is 1. The number of hydrogen-bond acceptors (Lipinski definition) is 5. The molecule has 0 aliphatic carbocycles. The molecule has 1 atom stereocenters. The molecule has 0 radical (unpaired) electrons. The molecule has 184 valence electrons. The number of alkyl halides is 1. The molecule has 2 aromatic carbocycles. The quantitative estimate of drug-likeness (QED) is 0.336. The number of carbonyl (C=O) groups is 2. The van der Waals surface area contributed by atoms with Crippen LogP contribution >= 0.6 is 0 Å². The number of nitrogens with one attached hydrogen (secondary N) is 2. The molecule has 0 unspecified atom stereocenters. The van der Waals surface area contributed by atoms with E-state index < -0.39 is 12.7 Å². The second-order valence-corrected chi connectivity index (χ2v) is 8.87. The summed E-state index contributed by atoms with van der Waals surface area (Å²) in [4.78, 5) is 32.5. The third kappa shape index (κ3) is 4.76. The van der Waals surface area contributed by atoms with Crippen LogP contribution in [0.4, 0.5) is 4.39 Å². The molecule has 35 heavy (non-hydrogen) atoms. The Morgan fingerprint density at radius 3 is 2.74 bits per heavy atom. The van der Waals surface area contributed by atoms with Crippen LogP contribution < -0.4 is 10.1 Å². The van der Waals surface area contributed by atoms with Crippen molar-refractivity contribution < 1.29 is 18.7 Å². The van der Waals surface area contributed by atoms with Gasteiger partial charge in [0.15, 0.2) is 0 Å². The molecule has 0 spiro atoms. The number of fused-ring (bicyclic) bond motifs is 2. The average molecular weight is 480 g/mol. The van der Waals surface area contributed by atoms with Crippen LogP contribution in [0, 0.1) is 5.41 Å². The smallest absolute Gasteiger partial charge is 0.255 e. The highest BCUT2D eigenvalue weighted by molar-refractivity contribution is 6.09. The first kappa shape index (κ1) is 24.4. The fraction of sp³-hybridized carbons (Fsp3) is 0.385. The molecule has 0 saturated carbocycles. The van der Waals surface area contributed by atoms with E-state index in [-0.39, 0.29) is 17.5 Å². The molecule has 2 N–H and O–H groups in total. The van der Waals surface area contributed by atoms with Gasteiger partial charge in [-0.3, -0.25) is 9.59 Å². The van der Waals surface area contributed by atoms with Crippen LogP contribution in [0.1, 0.15) is 63.8 Å². The number of para-hydroxylation sites is 1. The molecule has 1 aliphatic heterocycles. The van der Waals surface area contributed by atoms with Crippen molar-refractivity contribution in [2.24, 2.45) is 7.05 Å². The molecule has 3 aromatic rings. The minimum Gasteiger partial charge on any atom is -0.494 e. The van der Waals surface area contributed by atoms with Gasteiger partial charge in [0.1, 0.15) is 23.8 Å². The van der Waals surface area contributed by atoms with Crippen LogP contribution in [0.3, 0.4) is 0 Å². The molecule has 2 amide bonds. The Morgan fingerprint density at radius 1 is 1.23 bits per heavy atom. The second-order valence-electron chi connectivity index (χ2n) is 8.87. The standard InChI is InChI=1S/C26H30FN5O3/c1-31-15-16-8-6-10-18(22(16)26(31)34)25(33)29-19(11-5-4-9-17(28)14-27)24-30-23-20(32(24)2)12-7-13-21(23)35-3/h6-8,10,12-13,19,28H,4-5,9,11,14-15H2,1-3H3,(H,29,33)/t19-/m0/s1. The minimum atomic E-state index is -0.744. The van der Waals surface area contributed by atoms with Gasteiger partial charge in [-0.1, -0.05) is 24.6 Å². The van der Waals surface area contributed by atoms with Gasteiger partial charge in [-0.2, -0.15) is 0 Å². The van der Waals surface area contributed by atoms with Crippen molar-refractivity contribution in [3.8, 4) is 5.75 Å². The maximum Gasteiger partial charge on any atom is 0.255 e. The molecule has 9 heteroatoms. The molecule has 2 heterocycles. The molecular formula is C26H30FN5O3. The van der Waals surface area contributed by atoms with Crippen molar-refractivity contribution in [2.75, 3.05) is 20.8 Å². The van der Waals surface area contributed by atoms with E-state index in [0.29, 0.717) is 60.4 Å². The summed E-state index contributed by atoms with van der Waals surface area (Å²) in [6.45, 7) is -0.268. The molecule has 1 aromatic heterocycles. The predicted octanol–water partition coefficient (Wildman–Crippen LogP) is 4.19. The van der Waals surface area contributed by atoms with Crippen molar-refractivity contribution in [2.45, 2.75) is 38.3 Å². The monoisotopic (exact) mass is 479 g/mol. The minimum absolute atomic E-state index is 0.0699. The Bertz CT molecular complexity index is 1290. The Labute approximate surface area is 203 Å². The lowest BCUT2D eigenvalue weighted by Gasteiger charge is -2.19. The van der Waals surface area contributed by atoms with Crippen LogP contribution in [-0.4, -0.2) is 52.8 Å². The number of nitrogens with zero attached hydrogens (tertiary/aromatic N) is 3. The number of amides is 2. The number of unbranched alkanes of at least 4 members (excludes halogenated alkanes) is 1. The molecule has 0 saturated heterocycles. The van der Waals surface area contributed by atoms with Crippen molar-refractivity contribution >= 4 is 28.6 Å². The normalized spacial score (nSPS) is 13.7. The number of aryl methyl sites for hydroxylation is 1. The highest BCUT2D eigenvalue weighted by Crippen LogP contribution is 2.30. The van der Waals surface area contributed by atoms with E-state index in [4.69, 9.17) is 15.1 Å². The van der Waals surface area contributed by atoms with E-state index in [2.05, 4.69) is 5.32 Å². The van der Waals surface area contributed by atoms with Gasteiger partial charge in [-0.05, 0) is 43.0 Å². The van der Waals surface area contributed by atoms with Crippen LogP contribution in [-0.2, 0) is 13.6 Å². The van der Waals surface area contributed by atoms with E-state index in [1.807, 2.05) is 35.9 Å². The number of aromatic nitrogens is 2. The van der Waals surface area contributed by atoms with Crippen molar-refractivity contribution in [3.05, 3.63) is 58.9 Å². The Morgan fingerprint density at radius 2 is 2.00 bits per heavy atom. The van der Waals surface area contributed by atoms with E-state index in [1.54, 1.807) is 31.2 Å². The average Bonchev–Trinajstić information content (AvgIpc) is 3.36. The van der Waals surface area contributed by atoms with Gasteiger partial charge in [0.2, 0.25) is 0 Å². The summed E-state index contributed by atoms with van der Waals surface area (Å²) < 4.78 is 20.1. The summed E-state index contributed by atoms with van der Waals surface area (Å²) in [5.41, 5.74) is 3.25. The number of imidazole rings is 1. The summed E-state index contributed by atoms with van der Waals surface area (Å²) >= 11 is 0. The highest BCUT2D eigenvalue weighted by Gasteiger charge is 2.31. The largest absolute Gasteiger partial charge is 0.494 e. The number of hydrogen-bond donors (Lipinski definition) is 2. The highest BCUT2D eigenvalue weighted by atomic mass is 19.1. The topological polar surface area (TPSA) is 100 Å². The zero-order valence-electron chi connectivity index (χ0n) is 20.2. The van der Waals surface area contributed by atoms with Crippen molar-refractivity contribution in [3.63, 3.8) is 0 Å². The lowest BCUT2D eigenvalue weighted by molar-refractivity contribution is 0.0808. The molecule has 8 nitrogen and oxygen atoms in total. The van der Waals surface area contributed by atoms with Crippen molar-refractivity contribution in [1.29, 1.82) is 5.41 Å². The van der Waals surface area contributed by atoms with Crippen LogP contribution in [0.5, 0.6) is 5.75 Å². The Kier molecular flexibility index (Phi) is 7.14. The zero-order valence-corrected chi connectivity index (χ0v) is 20.2. The fourth-order valence-corrected chi connectivity index (χ4v) is 4.63. The molecule has 0 fully saturated rings. The molecule has 0 bridgehead atoms. The first-order chi connectivity index (χ1) is 16.8. The van der Waals surface area contributed by atoms with Crippen LogP contribution in [0.25, 0.3) is 11.0 Å². The third-order valence-electron chi connectivity index (χ3n) is 6.49. The lowest BCUT2D eigenvalue weighted by atomic mass is 10.0. The zero-order chi connectivity index (χ0) is 25.1. The van der Waals surface area contributed by atoms with Crippen LogP contribution in [0.2, 0.25) is 0 Å². The van der Waals surface area contributed by atoms with Gasteiger partial charge < -0.3 is 24.9 Å². The summed E-state index contributed by atoms with van der Waals surface area (Å²) in [6.07, 6.45) is 2.23. The predicted molar refractivity (Wildman–Crippen MR) is 132 cm³/mol. The lowest BCUT2D eigenvalue weighted by Crippen LogP contribution is -2.32. The summed E-state index contributed by atoms with van der Waals surface area (Å²) in [7, 11) is 5.20. The number of rotatable bonds is 10. The summed E-state index contributed by atoms with van der Waals surface area (Å²) in [6, 6.07) is 10.5. The Hall–Kier alpha value is -3.75. The molecule has 4 rings (SSSR count). The van der Waals surface area contributed by atoms with E-state index in [9.17, 15) is 14.0 Å². The third-order valence-corrected chi connectivity index (χ3v) is 6.49. The van der Waals surface area contributed by atoms with Gasteiger partial charge in [-0.15, -0.1) is 0 Å². The van der Waals surface area contributed by atoms with Gasteiger partial charge in [-0.25, -0.2) is 9.37 Å². The molecular weight excluding hydrogens is 449 g/mol. The fourth-order valence-electron chi connectivity index (χ4n) is 4.63. The second kappa shape index (κ2) is 10.2. The number of halogens is 1. The summed E-state index contributed by atoms with van der Waals surface area (Å²) in [5.74, 6) is 0.792. The summed E-state index contributed by atoms with van der Waals surface area (Å²) in [5, 5.41) is 10.7. The number of carbonyl (C=O) groups excluding carboxylic acids is 2. The van der Waals surface area contributed by atoms with Gasteiger partial charge in [0, 0.05) is 26.4 Å². The van der Waals surface area contributed by atoms with E-state index in [0.717, 1.165) is 11.1 Å². The SMILES string of the molecule is COc1cccc2c1nc([C@H](CCCCC(=N)CF)NC(=O)c1cccc3c1C(=O)N(C)C3)n2C. The van der Waals surface area contributed by atoms with Gasteiger partial charge in [0.25, 0.3) is 11.8 Å². The van der Waals surface area contributed by atoms with E-state index in [1.165, 1.54) is 0 Å². The Balaban J connectivity index is 1.65. The van der Waals surface area contributed by atoms with Gasteiger partial charge >= 0.3 is 0 Å². The maximum absolute atomic E-state index is 13.4.